The van der Waals surface area contributed by atoms with Gasteiger partial charge in [-0.25, -0.2) is 0 Å². The normalized spacial score (nSPS) is 44.4. The van der Waals surface area contributed by atoms with Gasteiger partial charge in [-0.2, -0.15) is 0 Å². The highest BCUT2D eigenvalue weighted by atomic mass is 35.5. The minimum absolute atomic E-state index is 0.128. The van der Waals surface area contributed by atoms with Crippen molar-refractivity contribution in [3.8, 4) is 0 Å². The first-order valence-corrected chi connectivity index (χ1v) is 9.88. The molecule has 3 nitrogen and oxygen atoms in total. The van der Waals surface area contributed by atoms with Gasteiger partial charge in [0, 0.05) is 0 Å². The lowest BCUT2D eigenvalue weighted by atomic mass is 9.46. The minimum atomic E-state index is -0.596. The first kappa shape index (κ1) is 19.0. The van der Waals surface area contributed by atoms with Crippen molar-refractivity contribution in [1.82, 2.24) is 0 Å². The Morgan fingerprint density at radius 2 is 2.20 bits per heavy atom. The Hall–Kier alpha value is -0.800. The Balaban J connectivity index is 1.95. The number of allylic oxidation sites excluding steroid dienone is 2. The molecule has 1 heterocycles. The van der Waals surface area contributed by atoms with Crippen LogP contribution in [0.5, 0.6) is 0 Å². The van der Waals surface area contributed by atoms with Crippen LogP contribution >= 0.6 is 11.6 Å². The first-order chi connectivity index (χ1) is 11.6. The fourth-order valence-electron chi connectivity index (χ4n) is 5.64. The largest absolute Gasteiger partial charge is 0.461 e. The molecule has 2 aliphatic carbocycles. The molecule has 1 unspecified atom stereocenters. The van der Waals surface area contributed by atoms with Crippen LogP contribution in [0.15, 0.2) is 23.8 Å². The van der Waals surface area contributed by atoms with E-state index in [4.69, 9.17) is 16.3 Å². The molecule has 1 N–H and O–H groups in total. The summed E-state index contributed by atoms with van der Waals surface area (Å²) in [6, 6.07) is 0. The van der Waals surface area contributed by atoms with Gasteiger partial charge in [0.1, 0.15) is 6.61 Å². The Morgan fingerprint density at radius 3 is 2.84 bits per heavy atom. The predicted molar refractivity (Wildman–Crippen MR) is 100 cm³/mol. The van der Waals surface area contributed by atoms with Crippen molar-refractivity contribution in [3.05, 3.63) is 23.8 Å². The van der Waals surface area contributed by atoms with Crippen LogP contribution in [-0.4, -0.2) is 29.2 Å². The van der Waals surface area contributed by atoms with E-state index in [1.165, 1.54) is 5.57 Å². The van der Waals surface area contributed by atoms with Crippen LogP contribution in [0.25, 0.3) is 0 Å². The molecule has 3 rings (SSSR count). The van der Waals surface area contributed by atoms with E-state index in [0.29, 0.717) is 18.9 Å². The third-order valence-electron chi connectivity index (χ3n) is 7.43. The minimum Gasteiger partial charge on any atom is -0.461 e. The van der Waals surface area contributed by atoms with Crippen molar-refractivity contribution < 1.29 is 14.6 Å². The van der Waals surface area contributed by atoms with Gasteiger partial charge >= 0.3 is 5.97 Å². The van der Waals surface area contributed by atoms with Gasteiger partial charge in [-0.15, -0.1) is 11.6 Å². The Kier molecular flexibility index (Phi) is 4.87. The predicted octanol–water partition coefficient (Wildman–Crippen LogP) is 4.48. The number of carbonyl (C=O) groups excluding carboxylic acids is 1. The number of rotatable bonds is 4. The van der Waals surface area contributed by atoms with Gasteiger partial charge in [0.2, 0.25) is 0 Å². The third-order valence-corrected chi connectivity index (χ3v) is 8.22. The van der Waals surface area contributed by atoms with Crippen LogP contribution < -0.4 is 0 Å². The zero-order valence-electron chi connectivity index (χ0n) is 15.8. The molecule has 2 fully saturated rings. The van der Waals surface area contributed by atoms with Gasteiger partial charge in [-0.05, 0) is 60.8 Å². The molecule has 0 radical (unpaired) electrons. The summed E-state index contributed by atoms with van der Waals surface area (Å²) in [5, 5.41) is 10.5. The summed E-state index contributed by atoms with van der Waals surface area (Å²) in [5.41, 5.74) is 1.77. The van der Waals surface area contributed by atoms with E-state index in [9.17, 15) is 9.90 Å². The number of hydrogen-bond donors (Lipinski definition) is 1. The lowest BCUT2D eigenvalue weighted by molar-refractivity contribution is -0.153. The first-order valence-electron chi connectivity index (χ1n) is 9.44. The van der Waals surface area contributed by atoms with Gasteiger partial charge in [0.05, 0.1) is 17.4 Å². The second-order valence-electron chi connectivity index (χ2n) is 9.08. The van der Waals surface area contributed by atoms with Crippen LogP contribution in [-0.2, 0) is 9.53 Å². The third kappa shape index (κ3) is 2.88. The molecule has 1 saturated heterocycles. The van der Waals surface area contributed by atoms with Crippen molar-refractivity contribution in [1.29, 1.82) is 0 Å². The molecule has 3 aliphatic rings. The van der Waals surface area contributed by atoms with Crippen LogP contribution in [0.3, 0.4) is 0 Å². The second kappa shape index (κ2) is 6.42. The van der Waals surface area contributed by atoms with Gasteiger partial charge in [-0.3, -0.25) is 4.79 Å². The quantitative estimate of drug-likeness (QED) is 0.453. The molecule has 1 aliphatic heterocycles. The van der Waals surface area contributed by atoms with Crippen LogP contribution in [0.4, 0.5) is 0 Å². The summed E-state index contributed by atoms with van der Waals surface area (Å²) >= 11 is 6.79. The number of ether oxygens (including phenoxy) is 1. The van der Waals surface area contributed by atoms with Gasteiger partial charge in [-0.1, -0.05) is 39.0 Å². The van der Waals surface area contributed by atoms with E-state index in [-0.39, 0.29) is 34.0 Å². The van der Waals surface area contributed by atoms with Crippen molar-refractivity contribution in [3.63, 3.8) is 0 Å². The highest BCUT2D eigenvalue weighted by molar-refractivity contribution is 6.21. The second-order valence-corrected chi connectivity index (χ2v) is 9.55. The molecule has 0 aromatic rings. The van der Waals surface area contributed by atoms with E-state index < -0.39 is 6.10 Å². The number of cyclic esters (lactones) is 1. The fourth-order valence-corrected chi connectivity index (χ4v) is 5.99. The maximum Gasteiger partial charge on any atom is 0.314 e. The lowest BCUT2D eigenvalue weighted by Crippen LogP contribution is -2.59. The molecule has 0 aromatic heterocycles. The summed E-state index contributed by atoms with van der Waals surface area (Å²) in [5.74, 6) is 0.346. The SMILES string of the molecule is C=C(C)C(C)CC[C@]1(C)[C@H]2CC=C3COC(=O)[C@H]3[C@]2(C)C[C@@H](O)[C@@H]1Cl. The number of hydrogen-bond acceptors (Lipinski definition) is 3. The van der Waals surface area contributed by atoms with Gasteiger partial charge in [0.25, 0.3) is 0 Å². The highest BCUT2D eigenvalue weighted by Crippen LogP contribution is 2.63. The average Bonchev–Trinajstić information content (AvgIpc) is 2.93. The fraction of sp³-hybridized carbons (Fsp3) is 0.762. The van der Waals surface area contributed by atoms with E-state index in [1.807, 2.05) is 0 Å². The number of carbonyl (C=O) groups is 1. The lowest BCUT2D eigenvalue weighted by Gasteiger charge is -2.59. The number of aliphatic hydroxyl groups excluding tert-OH is 1. The summed E-state index contributed by atoms with van der Waals surface area (Å²) < 4.78 is 5.34. The van der Waals surface area contributed by atoms with Crippen molar-refractivity contribution in [2.75, 3.05) is 6.61 Å². The van der Waals surface area contributed by atoms with Gasteiger partial charge < -0.3 is 9.84 Å². The van der Waals surface area contributed by atoms with Gasteiger partial charge in [0.15, 0.2) is 0 Å². The van der Waals surface area contributed by atoms with Crippen LogP contribution in [0, 0.1) is 28.6 Å². The topological polar surface area (TPSA) is 46.5 Å². The van der Waals surface area contributed by atoms with E-state index in [2.05, 4.69) is 40.3 Å². The molecule has 25 heavy (non-hydrogen) atoms. The zero-order chi connectivity index (χ0) is 18.6. The standard InChI is InChI=1S/C21H31ClO3/c1-12(2)13(3)8-9-20(4)16-7-6-14-11-25-19(24)17(14)21(16,5)10-15(23)18(20)22/h6,13,15-18,23H,1,7-11H2,2-5H3/t13?,15-,16-,17+,18+,20-,21-/m1/s1. The van der Waals surface area contributed by atoms with E-state index >= 15 is 0 Å². The number of alkyl halides is 1. The smallest absolute Gasteiger partial charge is 0.314 e. The summed E-state index contributed by atoms with van der Waals surface area (Å²) in [6.45, 7) is 13.1. The monoisotopic (exact) mass is 366 g/mol. The molecule has 4 heteroatoms. The Morgan fingerprint density at radius 1 is 1.52 bits per heavy atom. The molecular formula is C21H31ClO3. The van der Waals surface area contributed by atoms with Crippen molar-refractivity contribution in [2.45, 2.75) is 64.9 Å². The van der Waals surface area contributed by atoms with Crippen molar-refractivity contribution in [2.24, 2.45) is 28.6 Å². The molecule has 140 valence electrons. The number of esters is 1. The summed E-state index contributed by atoms with van der Waals surface area (Å²) in [7, 11) is 0. The maximum atomic E-state index is 12.4. The zero-order valence-corrected chi connectivity index (χ0v) is 16.6. The number of aliphatic hydroxyl groups is 1. The highest BCUT2D eigenvalue weighted by Gasteiger charge is 2.62. The van der Waals surface area contributed by atoms with E-state index in [1.54, 1.807) is 0 Å². The van der Waals surface area contributed by atoms with Crippen LogP contribution in [0.1, 0.15) is 53.4 Å². The molecule has 7 atom stereocenters. The Labute approximate surface area is 156 Å². The van der Waals surface area contributed by atoms with Crippen LogP contribution in [0.2, 0.25) is 0 Å². The van der Waals surface area contributed by atoms with E-state index in [0.717, 1.165) is 24.8 Å². The molecule has 0 bridgehead atoms. The molecule has 0 aromatic carbocycles. The average molecular weight is 367 g/mol. The molecular weight excluding hydrogens is 336 g/mol. The number of halogens is 1. The number of fused-ring (bicyclic) bond motifs is 3. The Bertz CT molecular complexity index is 612. The molecule has 0 spiro atoms. The maximum absolute atomic E-state index is 12.4. The molecule has 1 saturated carbocycles. The summed E-state index contributed by atoms with van der Waals surface area (Å²) in [4.78, 5) is 12.4. The van der Waals surface area contributed by atoms with Crippen molar-refractivity contribution >= 4 is 17.6 Å². The molecule has 0 amide bonds. The summed E-state index contributed by atoms with van der Waals surface area (Å²) in [6.07, 6.45) is 5.00.